The molecule has 2 aromatic rings. The van der Waals surface area contributed by atoms with Crippen LogP contribution >= 0.6 is 24.0 Å². The number of rotatable bonds is 5. The number of aliphatic hydroxyl groups is 1. The van der Waals surface area contributed by atoms with E-state index in [-0.39, 0.29) is 25.1 Å². The van der Waals surface area contributed by atoms with Crippen molar-refractivity contribution in [3.05, 3.63) is 70.7 Å². The first-order valence-electron chi connectivity index (χ1n) is 8.15. The molecule has 2 aromatic carbocycles. The van der Waals surface area contributed by atoms with Crippen LogP contribution in [-0.4, -0.2) is 54.2 Å². The van der Waals surface area contributed by atoms with Crippen LogP contribution in [0.25, 0.3) is 0 Å². The molecule has 24 heavy (non-hydrogen) atoms. The maximum atomic E-state index is 9.11. The first-order valence-corrected chi connectivity index (χ1v) is 8.53. The minimum atomic E-state index is 0. The fourth-order valence-corrected chi connectivity index (χ4v) is 3.41. The zero-order chi connectivity index (χ0) is 16.1. The number of aliphatic hydroxyl groups excluding tert-OH is 1. The molecule has 1 N–H and O–H groups in total. The third kappa shape index (κ3) is 4.71. The van der Waals surface area contributed by atoms with E-state index in [0.717, 1.165) is 37.7 Å². The quantitative estimate of drug-likeness (QED) is 0.877. The van der Waals surface area contributed by atoms with Gasteiger partial charge in [-0.05, 0) is 23.3 Å². The van der Waals surface area contributed by atoms with Crippen LogP contribution < -0.4 is 0 Å². The van der Waals surface area contributed by atoms with E-state index in [0.29, 0.717) is 0 Å². The Morgan fingerprint density at radius 3 is 2.04 bits per heavy atom. The Labute approximate surface area is 155 Å². The normalized spacial score (nSPS) is 17.2. The maximum Gasteiger partial charge on any atom is 0.0602 e. The largest absolute Gasteiger partial charge is 0.395 e. The molecule has 0 amide bonds. The van der Waals surface area contributed by atoms with Crippen LogP contribution in [-0.2, 0) is 0 Å². The predicted octanol–water partition coefficient (Wildman–Crippen LogP) is 3.46. The van der Waals surface area contributed by atoms with Gasteiger partial charge >= 0.3 is 0 Å². The maximum absolute atomic E-state index is 9.11. The Morgan fingerprint density at radius 2 is 1.46 bits per heavy atom. The van der Waals surface area contributed by atoms with Gasteiger partial charge in [-0.25, -0.2) is 0 Å². The minimum absolute atomic E-state index is 0. The average Bonchev–Trinajstić information content (AvgIpc) is 2.60. The van der Waals surface area contributed by atoms with Crippen molar-refractivity contribution in [2.75, 3.05) is 39.3 Å². The molecule has 1 heterocycles. The van der Waals surface area contributed by atoms with E-state index in [1.54, 1.807) is 0 Å². The second-order valence-electron chi connectivity index (χ2n) is 5.97. The zero-order valence-electron chi connectivity index (χ0n) is 13.6. The van der Waals surface area contributed by atoms with Crippen molar-refractivity contribution < 1.29 is 5.11 Å². The first kappa shape index (κ1) is 19.2. The lowest BCUT2D eigenvalue weighted by Gasteiger charge is -2.39. The van der Waals surface area contributed by atoms with Crippen LogP contribution in [0.5, 0.6) is 0 Å². The number of β-amino-alcohol motifs (C(OH)–C–C–N with tert-alkyl or cyclic N) is 1. The summed E-state index contributed by atoms with van der Waals surface area (Å²) in [6, 6.07) is 19.1. The van der Waals surface area contributed by atoms with Gasteiger partial charge in [-0.2, -0.15) is 0 Å². The van der Waals surface area contributed by atoms with Gasteiger partial charge in [0, 0.05) is 37.7 Å². The number of hydrogen-bond acceptors (Lipinski definition) is 3. The molecule has 0 aromatic heterocycles. The molecular weight excluding hydrogens is 343 g/mol. The fourth-order valence-electron chi connectivity index (χ4n) is 3.28. The van der Waals surface area contributed by atoms with Crippen molar-refractivity contribution in [2.24, 2.45) is 0 Å². The lowest BCUT2D eigenvalue weighted by molar-refractivity contribution is 0.0945. The van der Waals surface area contributed by atoms with Gasteiger partial charge in [0.15, 0.2) is 0 Å². The van der Waals surface area contributed by atoms with Gasteiger partial charge in [-0.1, -0.05) is 54.1 Å². The summed E-state index contributed by atoms with van der Waals surface area (Å²) in [7, 11) is 0. The molecule has 0 bridgehead atoms. The number of nitrogens with zero attached hydrogens (tertiary/aromatic N) is 2. The molecule has 130 valence electrons. The van der Waals surface area contributed by atoms with Gasteiger partial charge in [0.1, 0.15) is 0 Å². The van der Waals surface area contributed by atoms with E-state index >= 15 is 0 Å². The fraction of sp³-hybridized carbons (Fsp3) is 0.368. The molecule has 3 nitrogen and oxygen atoms in total. The molecule has 1 aliphatic rings. The van der Waals surface area contributed by atoms with Crippen LogP contribution in [0.1, 0.15) is 17.2 Å². The van der Waals surface area contributed by atoms with Crippen LogP contribution in [0.15, 0.2) is 54.6 Å². The number of benzene rings is 2. The number of hydrogen-bond donors (Lipinski definition) is 1. The molecule has 3 rings (SSSR count). The lowest BCUT2D eigenvalue weighted by atomic mass is 9.96. The molecule has 0 aliphatic carbocycles. The highest BCUT2D eigenvalue weighted by Crippen LogP contribution is 2.30. The van der Waals surface area contributed by atoms with Crippen LogP contribution in [0, 0.1) is 0 Å². The Hall–Kier alpha value is -1.10. The zero-order valence-corrected chi connectivity index (χ0v) is 15.2. The molecule has 1 aliphatic heterocycles. The summed E-state index contributed by atoms with van der Waals surface area (Å²) >= 11 is 6.06. The monoisotopic (exact) mass is 366 g/mol. The van der Waals surface area contributed by atoms with E-state index in [1.807, 2.05) is 12.1 Å². The SMILES string of the molecule is Cl.OCCN1CCN([C@@H](c2ccccc2)c2ccc(Cl)cc2)CC1. The molecule has 1 atom stereocenters. The number of piperazine rings is 1. The first-order chi connectivity index (χ1) is 11.3. The smallest absolute Gasteiger partial charge is 0.0602 e. The Balaban J connectivity index is 0.00000208. The highest BCUT2D eigenvalue weighted by Gasteiger charge is 2.26. The van der Waals surface area contributed by atoms with Gasteiger partial charge in [0.2, 0.25) is 0 Å². The molecule has 1 saturated heterocycles. The molecule has 0 saturated carbocycles. The predicted molar refractivity (Wildman–Crippen MR) is 102 cm³/mol. The minimum Gasteiger partial charge on any atom is -0.395 e. The van der Waals surface area contributed by atoms with Gasteiger partial charge in [-0.3, -0.25) is 9.80 Å². The molecule has 1 fully saturated rings. The lowest BCUT2D eigenvalue weighted by Crippen LogP contribution is -2.48. The van der Waals surface area contributed by atoms with E-state index in [2.05, 4.69) is 52.3 Å². The van der Waals surface area contributed by atoms with Crippen LogP contribution in [0.4, 0.5) is 0 Å². The Morgan fingerprint density at radius 1 is 0.875 bits per heavy atom. The number of halogens is 2. The summed E-state index contributed by atoms with van der Waals surface area (Å²) in [5.41, 5.74) is 2.58. The second-order valence-corrected chi connectivity index (χ2v) is 6.40. The molecule has 0 spiro atoms. The van der Waals surface area contributed by atoms with E-state index in [4.69, 9.17) is 16.7 Å². The molecular formula is C19H24Cl2N2O. The highest BCUT2D eigenvalue weighted by atomic mass is 35.5. The van der Waals surface area contributed by atoms with Crippen molar-refractivity contribution in [1.29, 1.82) is 0 Å². The Bertz CT molecular complexity index is 599. The highest BCUT2D eigenvalue weighted by molar-refractivity contribution is 6.30. The van der Waals surface area contributed by atoms with Crippen molar-refractivity contribution in [3.63, 3.8) is 0 Å². The third-order valence-corrected chi connectivity index (χ3v) is 4.74. The van der Waals surface area contributed by atoms with Gasteiger partial charge in [0.05, 0.1) is 12.6 Å². The van der Waals surface area contributed by atoms with Crippen molar-refractivity contribution in [3.8, 4) is 0 Å². The van der Waals surface area contributed by atoms with Crippen molar-refractivity contribution in [2.45, 2.75) is 6.04 Å². The summed E-state index contributed by atoms with van der Waals surface area (Å²) in [6.07, 6.45) is 0. The van der Waals surface area contributed by atoms with Gasteiger partial charge < -0.3 is 5.11 Å². The summed E-state index contributed by atoms with van der Waals surface area (Å²) in [5.74, 6) is 0. The van der Waals surface area contributed by atoms with Crippen molar-refractivity contribution >= 4 is 24.0 Å². The standard InChI is InChI=1S/C19H23ClN2O.ClH/c20-18-8-6-17(7-9-18)19(16-4-2-1-3-5-16)22-12-10-21(11-13-22)14-15-23;/h1-9,19,23H,10-15H2;1H/t19-;/m0./s1. The van der Waals surface area contributed by atoms with Gasteiger partial charge in [0.25, 0.3) is 0 Å². The van der Waals surface area contributed by atoms with Crippen LogP contribution in [0.2, 0.25) is 5.02 Å². The van der Waals surface area contributed by atoms with E-state index < -0.39 is 0 Å². The van der Waals surface area contributed by atoms with Gasteiger partial charge in [-0.15, -0.1) is 12.4 Å². The summed E-state index contributed by atoms with van der Waals surface area (Å²) < 4.78 is 0. The van der Waals surface area contributed by atoms with Crippen LogP contribution in [0.3, 0.4) is 0 Å². The summed E-state index contributed by atoms with van der Waals surface area (Å²) in [6.45, 7) is 5.00. The topological polar surface area (TPSA) is 26.7 Å². The van der Waals surface area contributed by atoms with Crippen molar-refractivity contribution in [1.82, 2.24) is 9.80 Å². The third-order valence-electron chi connectivity index (χ3n) is 4.49. The van der Waals surface area contributed by atoms with E-state index in [9.17, 15) is 0 Å². The second kappa shape index (κ2) is 9.40. The summed E-state index contributed by atoms with van der Waals surface area (Å²) in [4.78, 5) is 4.84. The summed E-state index contributed by atoms with van der Waals surface area (Å²) in [5, 5.41) is 9.88. The van der Waals surface area contributed by atoms with E-state index in [1.165, 1.54) is 11.1 Å². The Kier molecular flexibility index (Phi) is 7.53. The molecule has 0 radical (unpaired) electrons. The molecule has 0 unspecified atom stereocenters. The molecule has 5 heteroatoms. The average molecular weight is 367 g/mol.